The molecule has 1 rings (SSSR count). The molecule has 80 valence electrons. The zero-order valence-electron chi connectivity index (χ0n) is 9.19. The summed E-state index contributed by atoms with van der Waals surface area (Å²) in [6.45, 7) is 5.62. The number of pyridine rings is 1. The summed E-state index contributed by atoms with van der Waals surface area (Å²) in [5.74, 6) is -0.253. The number of nitriles is 1. The first-order valence-electron chi connectivity index (χ1n) is 4.84. The number of hydrogen-bond acceptors (Lipinski definition) is 3. The molecule has 0 aliphatic carbocycles. The van der Waals surface area contributed by atoms with Gasteiger partial charge >= 0.3 is 0 Å². The molecule has 1 amide bonds. The number of carbonyl (C=O) groups is 1. The Labute approximate surface area is 90.0 Å². The number of aromatic nitrogens is 1. The van der Waals surface area contributed by atoms with Crippen molar-refractivity contribution < 1.29 is 4.79 Å². The molecule has 0 aliphatic rings. The van der Waals surface area contributed by atoms with E-state index in [4.69, 9.17) is 5.26 Å². The molecule has 1 aromatic heterocycles. The van der Waals surface area contributed by atoms with Crippen LogP contribution in [0.4, 0.5) is 0 Å². The molecule has 0 radical (unpaired) electrons. The van der Waals surface area contributed by atoms with Crippen molar-refractivity contribution in [2.75, 3.05) is 0 Å². The first-order chi connectivity index (χ1) is 7.24. The predicted molar refractivity (Wildman–Crippen MR) is 58.1 cm³/mol. The Morgan fingerprint density at radius 1 is 1.47 bits per heavy atom. The third-order valence-corrected chi connectivity index (χ3v) is 1.48. The standard InChI is InChI=1S/C9H9N3O.C2H6/c1-7(6-10)12-9(13)8-2-4-11-5-3-8;1-2/h2-5,7H,1H3,(H,12,13);1-2H3. The summed E-state index contributed by atoms with van der Waals surface area (Å²) in [6.07, 6.45) is 3.07. The van der Waals surface area contributed by atoms with Crippen molar-refractivity contribution in [3.8, 4) is 6.07 Å². The average Bonchev–Trinajstić information content (AvgIpc) is 2.32. The van der Waals surface area contributed by atoms with Gasteiger partial charge in [0, 0.05) is 18.0 Å². The zero-order valence-corrected chi connectivity index (χ0v) is 9.19. The van der Waals surface area contributed by atoms with Crippen molar-refractivity contribution >= 4 is 5.91 Å². The van der Waals surface area contributed by atoms with Gasteiger partial charge in [-0.25, -0.2) is 0 Å². The van der Waals surface area contributed by atoms with Gasteiger partial charge in [-0.2, -0.15) is 5.26 Å². The summed E-state index contributed by atoms with van der Waals surface area (Å²) in [7, 11) is 0. The van der Waals surface area contributed by atoms with Gasteiger partial charge in [-0.1, -0.05) is 13.8 Å². The van der Waals surface area contributed by atoms with E-state index in [1.807, 2.05) is 19.9 Å². The Hall–Kier alpha value is -1.89. The molecule has 1 atom stereocenters. The number of nitrogens with one attached hydrogen (secondary N) is 1. The Morgan fingerprint density at radius 2 is 2.00 bits per heavy atom. The molecule has 0 bridgehead atoms. The maximum Gasteiger partial charge on any atom is 0.252 e. The van der Waals surface area contributed by atoms with Crippen molar-refractivity contribution in [1.29, 1.82) is 5.26 Å². The van der Waals surface area contributed by atoms with Crippen molar-refractivity contribution in [1.82, 2.24) is 10.3 Å². The SMILES string of the molecule is CC.CC(C#N)NC(=O)c1ccncc1. The summed E-state index contributed by atoms with van der Waals surface area (Å²) < 4.78 is 0. The molecular formula is C11H15N3O. The van der Waals surface area contributed by atoms with Gasteiger partial charge < -0.3 is 5.32 Å². The predicted octanol–water partition coefficient (Wildman–Crippen LogP) is 1.75. The van der Waals surface area contributed by atoms with Gasteiger partial charge in [-0.15, -0.1) is 0 Å². The van der Waals surface area contributed by atoms with E-state index in [0.717, 1.165) is 0 Å². The Morgan fingerprint density at radius 3 is 2.47 bits per heavy atom. The summed E-state index contributed by atoms with van der Waals surface area (Å²) in [5, 5.41) is 11.0. The highest BCUT2D eigenvalue weighted by Crippen LogP contribution is 1.96. The van der Waals surface area contributed by atoms with E-state index in [-0.39, 0.29) is 5.91 Å². The minimum atomic E-state index is -0.472. The van der Waals surface area contributed by atoms with Crippen LogP contribution in [-0.4, -0.2) is 16.9 Å². The second-order valence-corrected chi connectivity index (χ2v) is 2.56. The third kappa shape index (κ3) is 4.77. The van der Waals surface area contributed by atoms with Gasteiger partial charge in [-0.05, 0) is 19.1 Å². The molecule has 0 saturated carbocycles. The molecule has 0 spiro atoms. The molecule has 15 heavy (non-hydrogen) atoms. The third-order valence-electron chi connectivity index (χ3n) is 1.48. The van der Waals surface area contributed by atoms with Crippen LogP contribution in [0.1, 0.15) is 31.1 Å². The van der Waals surface area contributed by atoms with Gasteiger partial charge in [0.25, 0.3) is 5.91 Å². The van der Waals surface area contributed by atoms with E-state index in [9.17, 15) is 4.79 Å². The summed E-state index contributed by atoms with van der Waals surface area (Å²) >= 11 is 0. The second-order valence-electron chi connectivity index (χ2n) is 2.56. The van der Waals surface area contributed by atoms with Crippen LogP contribution >= 0.6 is 0 Å². The summed E-state index contributed by atoms with van der Waals surface area (Å²) in [5.41, 5.74) is 0.511. The molecule has 0 saturated heterocycles. The van der Waals surface area contributed by atoms with Crippen LogP contribution in [0.3, 0.4) is 0 Å². The smallest absolute Gasteiger partial charge is 0.252 e. The Kier molecular flexibility index (Phi) is 6.56. The first-order valence-corrected chi connectivity index (χ1v) is 4.84. The lowest BCUT2D eigenvalue weighted by Gasteiger charge is -2.05. The highest BCUT2D eigenvalue weighted by molar-refractivity contribution is 5.94. The van der Waals surface area contributed by atoms with Crippen LogP contribution < -0.4 is 5.32 Å². The number of rotatable bonds is 2. The number of amides is 1. The van der Waals surface area contributed by atoms with E-state index in [1.165, 1.54) is 12.4 Å². The largest absolute Gasteiger partial charge is 0.337 e. The highest BCUT2D eigenvalue weighted by atomic mass is 16.1. The van der Waals surface area contributed by atoms with E-state index in [0.29, 0.717) is 5.56 Å². The fourth-order valence-electron chi connectivity index (χ4n) is 0.816. The van der Waals surface area contributed by atoms with Crippen LogP contribution in [0.2, 0.25) is 0 Å². The van der Waals surface area contributed by atoms with Gasteiger partial charge in [0.1, 0.15) is 6.04 Å². The van der Waals surface area contributed by atoms with E-state index in [2.05, 4.69) is 10.3 Å². The van der Waals surface area contributed by atoms with Crippen LogP contribution in [0.15, 0.2) is 24.5 Å². The summed E-state index contributed by atoms with van der Waals surface area (Å²) in [4.78, 5) is 15.1. The van der Waals surface area contributed by atoms with Crippen molar-refractivity contribution in [3.63, 3.8) is 0 Å². The topological polar surface area (TPSA) is 65.8 Å². The monoisotopic (exact) mass is 205 g/mol. The lowest BCUT2D eigenvalue weighted by atomic mass is 10.2. The van der Waals surface area contributed by atoms with Gasteiger partial charge in [0.15, 0.2) is 0 Å². The second kappa shape index (κ2) is 7.51. The Balaban J connectivity index is 0.000000921. The Bertz CT molecular complexity index is 329. The van der Waals surface area contributed by atoms with Crippen molar-refractivity contribution in [3.05, 3.63) is 30.1 Å². The molecule has 4 nitrogen and oxygen atoms in total. The molecule has 0 aliphatic heterocycles. The quantitative estimate of drug-likeness (QED) is 0.799. The van der Waals surface area contributed by atoms with Crippen LogP contribution in [0.5, 0.6) is 0 Å². The lowest BCUT2D eigenvalue weighted by Crippen LogP contribution is -2.31. The minimum absolute atomic E-state index is 0.253. The zero-order chi connectivity index (χ0) is 11.7. The fraction of sp³-hybridized carbons (Fsp3) is 0.364. The van der Waals surface area contributed by atoms with Crippen molar-refractivity contribution in [2.24, 2.45) is 0 Å². The molecule has 1 heterocycles. The van der Waals surface area contributed by atoms with Crippen LogP contribution in [0.25, 0.3) is 0 Å². The number of nitrogens with zero attached hydrogens (tertiary/aromatic N) is 2. The van der Waals surface area contributed by atoms with E-state index >= 15 is 0 Å². The molecule has 1 aromatic rings. The van der Waals surface area contributed by atoms with Crippen LogP contribution in [-0.2, 0) is 0 Å². The van der Waals surface area contributed by atoms with Gasteiger partial charge in [-0.3, -0.25) is 9.78 Å². The minimum Gasteiger partial charge on any atom is -0.337 e. The molecule has 1 unspecified atom stereocenters. The highest BCUT2D eigenvalue weighted by Gasteiger charge is 2.07. The van der Waals surface area contributed by atoms with E-state index < -0.39 is 6.04 Å². The average molecular weight is 205 g/mol. The molecule has 4 heteroatoms. The molecular weight excluding hydrogens is 190 g/mol. The molecule has 0 fully saturated rings. The van der Waals surface area contributed by atoms with Crippen LogP contribution in [0, 0.1) is 11.3 Å². The fourth-order valence-corrected chi connectivity index (χ4v) is 0.816. The van der Waals surface area contributed by atoms with Gasteiger partial charge in [0.05, 0.1) is 6.07 Å². The van der Waals surface area contributed by atoms with Crippen molar-refractivity contribution in [2.45, 2.75) is 26.8 Å². The maximum absolute atomic E-state index is 11.3. The van der Waals surface area contributed by atoms with E-state index in [1.54, 1.807) is 19.1 Å². The number of carbonyl (C=O) groups excluding carboxylic acids is 1. The molecule has 1 N–H and O–H groups in total. The normalized spacial score (nSPS) is 10.3. The van der Waals surface area contributed by atoms with Gasteiger partial charge in [0.2, 0.25) is 0 Å². The summed E-state index contributed by atoms with van der Waals surface area (Å²) in [6, 6.07) is 4.64. The number of hydrogen-bond donors (Lipinski definition) is 1. The maximum atomic E-state index is 11.3. The first kappa shape index (κ1) is 13.1. The molecule has 0 aromatic carbocycles. The lowest BCUT2D eigenvalue weighted by molar-refractivity contribution is 0.0947.